The van der Waals surface area contributed by atoms with E-state index in [9.17, 15) is 0 Å². The Bertz CT molecular complexity index is 531. The number of likely N-dealkylation sites (N-methyl/N-ethyl adjacent to an activating group) is 1. The molecule has 0 amide bonds. The van der Waals surface area contributed by atoms with E-state index in [1.165, 1.54) is 10.4 Å². The third-order valence-electron chi connectivity index (χ3n) is 3.41. The highest BCUT2D eigenvalue weighted by atomic mass is 32.1. The van der Waals surface area contributed by atoms with Crippen molar-refractivity contribution in [3.8, 4) is 10.6 Å². The van der Waals surface area contributed by atoms with Gasteiger partial charge in [-0.25, -0.2) is 4.98 Å². The van der Waals surface area contributed by atoms with Gasteiger partial charge in [0.05, 0.1) is 22.8 Å². The summed E-state index contributed by atoms with van der Waals surface area (Å²) in [5.41, 5.74) is 2.44. The average molecular weight is 262 g/mol. The molecule has 1 aliphatic heterocycles. The molecule has 2 N–H and O–H groups in total. The van der Waals surface area contributed by atoms with Crippen LogP contribution in [0.2, 0.25) is 0 Å². The van der Waals surface area contributed by atoms with E-state index in [2.05, 4.69) is 45.6 Å². The first-order valence-electron chi connectivity index (χ1n) is 6.25. The number of aryl methyl sites for hydroxylation is 1. The van der Waals surface area contributed by atoms with Gasteiger partial charge in [0, 0.05) is 19.6 Å². The Hall–Kier alpha value is -1.17. The molecule has 5 heteroatoms. The summed E-state index contributed by atoms with van der Waals surface area (Å²) in [6, 6.07) is 2.46. The molecule has 0 saturated carbocycles. The number of hydrogen-bond donors (Lipinski definition) is 2. The van der Waals surface area contributed by atoms with Gasteiger partial charge in [0.1, 0.15) is 5.82 Å². The fourth-order valence-electron chi connectivity index (χ4n) is 2.36. The van der Waals surface area contributed by atoms with Crippen LogP contribution in [0.4, 0.5) is 0 Å². The molecular weight excluding hydrogens is 244 g/mol. The van der Waals surface area contributed by atoms with Gasteiger partial charge in [-0.2, -0.15) is 0 Å². The summed E-state index contributed by atoms with van der Waals surface area (Å²) >= 11 is 1.76. The van der Waals surface area contributed by atoms with Gasteiger partial charge < -0.3 is 15.2 Å². The van der Waals surface area contributed by atoms with Crippen molar-refractivity contribution in [2.24, 2.45) is 0 Å². The fourth-order valence-corrected chi connectivity index (χ4v) is 3.25. The van der Waals surface area contributed by atoms with E-state index in [1.807, 2.05) is 6.20 Å². The summed E-state index contributed by atoms with van der Waals surface area (Å²) in [7, 11) is 2.15. The molecule has 1 unspecified atom stereocenters. The molecule has 4 nitrogen and oxygen atoms in total. The minimum Gasteiger partial charge on any atom is -0.340 e. The molecule has 0 aromatic carbocycles. The zero-order valence-electron chi connectivity index (χ0n) is 10.7. The molecule has 0 spiro atoms. The van der Waals surface area contributed by atoms with Crippen LogP contribution in [0, 0.1) is 6.92 Å². The highest BCUT2D eigenvalue weighted by molar-refractivity contribution is 7.13. The third-order valence-corrected chi connectivity index (χ3v) is 4.46. The number of piperazine rings is 1. The van der Waals surface area contributed by atoms with E-state index < -0.39 is 0 Å². The summed E-state index contributed by atoms with van der Waals surface area (Å²) < 4.78 is 0. The lowest BCUT2D eigenvalue weighted by Crippen LogP contribution is -2.44. The molecule has 0 radical (unpaired) electrons. The minimum atomic E-state index is 0.317. The van der Waals surface area contributed by atoms with Crippen LogP contribution in [0.15, 0.2) is 17.6 Å². The number of hydrogen-bond acceptors (Lipinski definition) is 4. The van der Waals surface area contributed by atoms with Crippen LogP contribution in [0.25, 0.3) is 10.6 Å². The topological polar surface area (TPSA) is 44.0 Å². The maximum Gasteiger partial charge on any atom is 0.125 e. The molecule has 1 atom stereocenters. The summed E-state index contributed by atoms with van der Waals surface area (Å²) in [6.07, 6.45) is 1.95. The predicted octanol–water partition coefficient (Wildman–Crippen LogP) is 2.02. The number of aromatic nitrogens is 2. The van der Waals surface area contributed by atoms with Crippen LogP contribution < -0.4 is 5.32 Å². The first kappa shape index (κ1) is 11.9. The van der Waals surface area contributed by atoms with Crippen LogP contribution in [-0.2, 0) is 0 Å². The molecular formula is C13H18N4S. The zero-order chi connectivity index (χ0) is 12.5. The van der Waals surface area contributed by atoms with Crippen molar-refractivity contribution in [1.82, 2.24) is 20.2 Å². The SMILES string of the molecule is Cc1ccsc1-c1cnc(C2CN(C)CCN2)[nH]1. The van der Waals surface area contributed by atoms with E-state index in [0.29, 0.717) is 6.04 Å². The standard InChI is InChI=1S/C13H18N4S/c1-9-3-6-18-12(9)10-7-15-13(16-10)11-8-17(2)5-4-14-11/h3,6-7,11,14H,4-5,8H2,1-2H3,(H,15,16). The van der Waals surface area contributed by atoms with Crippen molar-refractivity contribution in [3.63, 3.8) is 0 Å². The average Bonchev–Trinajstić information content (AvgIpc) is 2.97. The van der Waals surface area contributed by atoms with Crippen LogP contribution in [-0.4, -0.2) is 41.5 Å². The van der Waals surface area contributed by atoms with E-state index in [-0.39, 0.29) is 0 Å². The second kappa shape index (κ2) is 4.84. The van der Waals surface area contributed by atoms with Crippen molar-refractivity contribution >= 4 is 11.3 Å². The van der Waals surface area contributed by atoms with Gasteiger partial charge in [0.15, 0.2) is 0 Å². The number of imidazole rings is 1. The highest BCUT2D eigenvalue weighted by Gasteiger charge is 2.21. The summed E-state index contributed by atoms with van der Waals surface area (Å²) in [5.74, 6) is 1.05. The summed E-state index contributed by atoms with van der Waals surface area (Å²) in [4.78, 5) is 11.6. The molecule has 1 fully saturated rings. The Morgan fingerprint density at radius 1 is 1.50 bits per heavy atom. The van der Waals surface area contributed by atoms with Crippen molar-refractivity contribution in [1.29, 1.82) is 0 Å². The first-order chi connectivity index (χ1) is 8.74. The predicted molar refractivity (Wildman–Crippen MR) is 74.9 cm³/mol. The number of H-pyrrole nitrogens is 1. The van der Waals surface area contributed by atoms with Gasteiger partial charge >= 0.3 is 0 Å². The number of rotatable bonds is 2. The minimum absolute atomic E-state index is 0.317. The van der Waals surface area contributed by atoms with Crippen LogP contribution in [0.5, 0.6) is 0 Å². The number of nitrogens with zero attached hydrogens (tertiary/aromatic N) is 2. The summed E-state index contributed by atoms with van der Waals surface area (Å²) in [5, 5.41) is 5.63. The Kier molecular flexibility index (Phi) is 3.20. The van der Waals surface area contributed by atoms with Gasteiger partial charge in [0.2, 0.25) is 0 Å². The van der Waals surface area contributed by atoms with Gasteiger partial charge in [-0.3, -0.25) is 0 Å². The number of aromatic amines is 1. The van der Waals surface area contributed by atoms with E-state index >= 15 is 0 Å². The molecule has 1 saturated heterocycles. The van der Waals surface area contributed by atoms with Gasteiger partial charge in [0.25, 0.3) is 0 Å². The van der Waals surface area contributed by atoms with Crippen LogP contribution in [0.1, 0.15) is 17.4 Å². The molecule has 1 aliphatic rings. The zero-order valence-corrected chi connectivity index (χ0v) is 11.5. The molecule has 96 valence electrons. The number of nitrogens with one attached hydrogen (secondary N) is 2. The first-order valence-corrected chi connectivity index (χ1v) is 7.13. The van der Waals surface area contributed by atoms with Crippen molar-refractivity contribution < 1.29 is 0 Å². The number of thiophene rings is 1. The molecule has 0 aliphatic carbocycles. The maximum atomic E-state index is 4.53. The second-order valence-electron chi connectivity index (χ2n) is 4.88. The van der Waals surface area contributed by atoms with Crippen molar-refractivity contribution in [3.05, 3.63) is 29.0 Å². The van der Waals surface area contributed by atoms with Crippen LogP contribution >= 0.6 is 11.3 Å². The van der Waals surface area contributed by atoms with Crippen molar-refractivity contribution in [2.75, 3.05) is 26.7 Å². The fraction of sp³-hybridized carbons (Fsp3) is 0.462. The Morgan fingerprint density at radius 3 is 3.11 bits per heavy atom. The van der Waals surface area contributed by atoms with Gasteiger partial charge in [-0.15, -0.1) is 11.3 Å². The van der Waals surface area contributed by atoms with E-state index in [1.54, 1.807) is 11.3 Å². The molecule has 3 rings (SSSR count). The Balaban J connectivity index is 1.83. The Labute approximate surface area is 111 Å². The van der Waals surface area contributed by atoms with Gasteiger partial charge in [-0.05, 0) is 31.0 Å². The van der Waals surface area contributed by atoms with E-state index in [0.717, 1.165) is 31.2 Å². The molecule has 2 aromatic heterocycles. The summed E-state index contributed by atoms with van der Waals surface area (Å²) in [6.45, 7) is 5.28. The lowest BCUT2D eigenvalue weighted by atomic mass is 10.2. The molecule has 0 bridgehead atoms. The maximum absolute atomic E-state index is 4.53. The van der Waals surface area contributed by atoms with Crippen LogP contribution in [0.3, 0.4) is 0 Å². The third kappa shape index (κ3) is 2.21. The van der Waals surface area contributed by atoms with Crippen molar-refractivity contribution in [2.45, 2.75) is 13.0 Å². The Morgan fingerprint density at radius 2 is 2.39 bits per heavy atom. The molecule has 18 heavy (non-hydrogen) atoms. The van der Waals surface area contributed by atoms with E-state index in [4.69, 9.17) is 0 Å². The van der Waals surface area contributed by atoms with Gasteiger partial charge in [-0.1, -0.05) is 0 Å². The highest BCUT2D eigenvalue weighted by Crippen LogP contribution is 2.28. The molecule has 2 aromatic rings. The normalized spacial score (nSPS) is 21.3. The second-order valence-corrected chi connectivity index (χ2v) is 5.80. The largest absolute Gasteiger partial charge is 0.340 e. The smallest absolute Gasteiger partial charge is 0.125 e. The quantitative estimate of drug-likeness (QED) is 0.870. The lowest BCUT2D eigenvalue weighted by molar-refractivity contribution is 0.236. The molecule has 3 heterocycles. The lowest BCUT2D eigenvalue weighted by Gasteiger charge is -2.29. The monoisotopic (exact) mass is 262 g/mol.